The average molecular weight is 841 g/mol. The van der Waals surface area contributed by atoms with Crippen molar-refractivity contribution in [2.75, 3.05) is 13.7 Å². The fourth-order valence-corrected chi connectivity index (χ4v) is 9.53. The lowest BCUT2D eigenvalue weighted by molar-refractivity contribution is -0.140. The SMILES string of the molecule is COc1ccc2c(O[C@@H]3C[C@H]4C(=O)C[C@]5(C(=O)NS(=O)(=O)C6CC6)C[C@@H]5/C=C\CCCCC[C@H](NC(=O)c5ccn(C(F)F)n5)C(=O)N4C3)cc(OC(C)C)nc2c1C. The number of alkyl halides is 2. The number of benzene rings is 1. The highest BCUT2D eigenvalue weighted by molar-refractivity contribution is 7.90. The fraction of sp³-hybridized carbons (Fsp3) is 0.561. The first kappa shape index (κ1) is 42.0. The Morgan fingerprint density at radius 3 is 2.53 bits per heavy atom. The van der Waals surface area contributed by atoms with Gasteiger partial charge in [0.05, 0.1) is 42.0 Å². The minimum Gasteiger partial charge on any atom is -0.496 e. The van der Waals surface area contributed by atoms with E-state index in [1.54, 1.807) is 25.3 Å². The van der Waals surface area contributed by atoms with E-state index in [1.807, 2.05) is 32.9 Å². The van der Waals surface area contributed by atoms with Crippen LogP contribution in [0.25, 0.3) is 10.9 Å². The van der Waals surface area contributed by atoms with Gasteiger partial charge < -0.3 is 24.4 Å². The molecule has 2 aliphatic carbocycles. The standard InChI is InChI=1S/C41H50F2N6O9S/c1-23(2)57-35-19-34(28-14-15-33(56-4)24(3)36(28)45-35)58-26-18-31-32(50)21-41(39(53)47-59(54,55)27-12-13-27)20-25(41)10-8-6-5-7-9-11-30(38(52)48(31)22-26)44-37(51)29-16-17-49(46-29)40(42)43/h8,10,14-17,19,23,25-27,30-31,40H,5-7,9,11-13,18,20-22H2,1-4H3,(H,44,51)(H,47,53)/b10-8-/t25-,26+,30-,31-,41+/m0/s1. The smallest absolute Gasteiger partial charge is 0.333 e. The van der Waals surface area contributed by atoms with E-state index in [1.165, 1.54) is 4.90 Å². The van der Waals surface area contributed by atoms with Gasteiger partial charge in [0.1, 0.15) is 29.3 Å². The third kappa shape index (κ3) is 9.06. The lowest BCUT2D eigenvalue weighted by atomic mass is 9.91. The first-order valence-electron chi connectivity index (χ1n) is 20.1. The molecular weight excluding hydrogens is 791 g/mol. The molecule has 0 bridgehead atoms. The van der Waals surface area contributed by atoms with Crippen molar-refractivity contribution in [2.24, 2.45) is 11.3 Å². The van der Waals surface area contributed by atoms with Crippen LogP contribution in [0.3, 0.4) is 0 Å². The minimum atomic E-state index is -3.91. The highest BCUT2D eigenvalue weighted by Gasteiger charge is 2.61. The summed E-state index contributed by atoms with van der Waals surface area (Å²) in [5, 5.41) is 6.34. The van der Waals surface area contributed by atoms with Gasteiger partial charge in [0.15, 0.2) is 5.78 Å². The maximum absolute atomic E-state index is 14.7. The molecule has 2 aromatic heterocycles. The summed E-state index contributed by atoms with van der Waals surface area (Å²) in [4.78, 5) is 62.7. The topological polar surface area (TPSA) is 188 Å². The van der Waals surface area contributed by atoms with E-state index in [-0.39, 0.29) is 55.8 Å². The van der Waals surface area contributed by atoms with Crippen LogP contribution >= 0.6 is 0 Å². The Labute approximate surface area is 341 Å². The Kier molecular flexibility index (Phi) is 12.0. The quantitative estimate of drug-likeness (QED) is 0.243. The molecule has 1 aromatic carbocycles. The molecule has 1 saturated heterocycles. The number of aromatic nitrogens is 3. The molecule has 18 heteroatoms. The van der Waals surface area contributed by atoms with E-state index >= 15 is 0 Å². The molecule has 4 heterocycles. The van der Waals surface area contributed by atoms with Gasteiger partial charge in [0.25, 0.3) is 5.91 Å². The monoisotopic (exact) mass is 840 g/mol. The highest BCUT2D eigenvalue weighted by Crippen LogP contribution is 2.57. The molecule has 318 valence electrons. The van der Waals surface area contributed by atoms with Gasteiger partial charge in [-0.1, -0.05) is 25.0 Å². The molecule has 4 aliphatic rings. The predicted octanol–water partition coefficient (Wildman–Crippen LogP) is 5.17. The molecule has 59 heavy (non-hydrogen) atoms. The second kappa shape index (κ2) is 16.9. The molecule has 15 nitrogen and oxygen atoms in total. The van der Waals surface area contributed by atoms with Crippen molar-refractivity contribution in [2.45, 2.75) is 121 Å². The van der Waals surface area contributed by atoms with Gasteiger partial charge in [-0.2, -0.15) is 13.9 Å². The summed E-state index contributed by atoms with van der Waals surface area (Å²) in [6, 6.07) is 4.08. The van der Waals surface area contributed by atoms with Crippen LogP contribution in [-0.2, 0) is 24.4 Å². The number of methoxy groups -OCH3 is 1. The third-order valence-electron chi connectivity index (χ3n) is 11.6. The number of carbonyl (C=O) groups excluding carboxylic acids is 4. The van der Waals surface area contributed by atoms with Crippen molar-refractivity contribution < 1.29 is 50.6 Å². The number of Topliss-reactive ketones (excluding diaryl/α,β-unsaturated/α-hetero) is 1. The number of ether oxygens (including phenoxy) is 3. The number of fused-ring (bicyclic) bond motifs is 3. The van der Waals surface area contributed by atoms with Crippen LogP contribution in [-0.4, -0.2) is 94.8 Å². The first-order chi connectivity index (χ1) is 28.1. The van der Waals surface area contributed by atoms with Crippen LogP contribution in [0.2, 0.25) is 0 Å². The van der Waals surface area contributed by atoms with Crippen LogP contribution in [0.4, 0.5) is 8.78 Å². The molecule has 3 fully saturated rings. The van der Waals surface area contributed by atoms with Crippen molar-refractivity contribution in [1.82, 2.24) is 29.7 Å². The Morgan fingerprint density at radius 1 is 1.05 bits per heavy atom. The van der Waals surface area contributed by atoms with Gasteiger partial charge in [0.2, 0.25) is 27.7 Å². The Hall–Kier alpha value is -5.13. The predicted molar refractivity (Wildman–Crippen MR) is 211 cm³/mol. The molecule has 2 saturated carbocycles. The number of sulfonamides is 1. The van der Waals surface area contributed by atoms with Crippen molar-refractivity contribution in [1.29, 1.82) is 0 Å². The Morgan fingerprint density at radius 2 is 1.83 bits per heavy atom. The number of pyridine rings is 1. The number of hydrogen-bond acceptors (Lipinski definition) is 11. The van der Waals surface area contributed by atoms with Crippen molar-refractivity contribution >= 4 is 44.4 Å². The van der Waals surface area contributed by atoms with Crippen LogP contribution in [0.5, 0.6) is 17.4 Å². The van der Waals surface area contributed by atoms with Gasteiger partial charge in [0, 0.05) is 36.1 Å². The van der Waals surface area contributed by atoms with E-state index in [4.69, 9.17) is 19.2 Å². The van der Waals surface area contributed by atoms with Crippen LogP contribution in [0.1, 0.15) is 101 Å². The summed E-state index contributed by atoms with van der Waals surface area (Å²) in [5.41, 5.74) is -0.331. The number of hydrogen-bond donors (Lipinski definition) is 2. The molecule has 3 amide bonds. The number of ketones is 1. The van der Waals surface area contributed by atoms with Crippen LogP contribution in [0, 0.1) is 18.3 Å². The minimum absolute atomic E-state index is 0.0158. The summed E-state index contributed by atoms with van der Waals surface area (Å²) in [6.45, 7) is 2.52. The molecule has 0 unspecified atom stereocenters. The summed E-state index contributed by atoms with van der Waals surface area (Å²) in [5.74, 6) is -1.72. The second-order valence-electron chi connectivity index (χ2n) is 16.2. The summed E-state index contributed by atoms with van der Waals surface area (Å²) < 4.78 is 73.2. The van der Waals surface area contributed by atoms with E-state index in [0.29, 0.717) is 59.2 Å². The first-order valence-corrected chi connectivity index (χ1v) is 21.7. The summed E-state index contributed by atoms with van der Waals surface area (Å²) >= 11 is 0. The van der Waals surface area contributed by atoms with E-state index in [9.17, 15) is 36.4 Å². The van der Waals surface area contributed by atoms with E-state index in [0.717, 1.165) is 24.2 Å². The molecule has 5 atom stereocenters. The average Bonchev–Trinajstić information content (AvgIpc) is 4.06. The number of carbonyl (C=O) groups is 4. The van der Waals surface area contributed by atoms with Gasteiger partial charge >= 0.3 is 6.55 Å². The largest absolute Gasteiger partial charge is 0.496 e. The maximum Gasteiger partial charge on any atom is 0.333 e. The molecule has 7 rings (SSSR count). The van der Waals surface area contributed by atoms with E-state index in [2.05, 4.69) is 15.1 Å². The number of amides is 3. The lowest BCUT2D eigenvalue weighted by Gasteiger charge is -2.29. The van der Waals surface area contributed by atoms with E-state index < -0.39 is 68.9 Å². The number of aryl methyl sites for hydroxylation is 1. The van der Waals surface area contributed by atoms with Crippen LogP contribution < -0.4 is 24.2 Å². The molecular formula is C41H50F2N6O9S. The number of nitrogens with zero attached hydrogens (tertiary/aromatic N) is 4. The fourth-order valence-electron chi connectivity index (χ4n) is 8.15. The van der Waals surface area contributed by atoms with Gasteiger partial charge in [-0.05, 0) is 83.4 Å². The molecule has 0 radical (unpaired) electrons. The Bertz CT molecular complexity index is 2260. The number of halogens is 2. The maximum atomic E-state index is 14.7. The van der Waals surface area contributed by atoms with Crippen molar-refractivity contribution in [3.05, 3.63) is 53.9 Å². The number of rotatable bonds is 11. The zero-order chi connectivity index (χ0) is 42.2. The molecule has 0 spiro atoms. The summed E-state index contributed by atoms with van der Waals surface area (Å²) in [6.07, 6.45) is 7.39. The van der Waals surface area contributed by atoms with Gasteiger partial charge in [-0.3, -0.25) is 23.9 Å². The second-order valence-corrected chi connectivity index (χ2v) is 18.2. The van der Waals surface area contributed by atoms with Gasteiger partial charge in [-0.15, -0.1) is 0 Å². The van der Waals surface area contributed by atoms with Gasteiger partial charge in [-0.25, -0.2) is 18.1 Å². The van der Waals surface area contributed by atoms with Crippen LogP contribution in [0.15, 0.2) is 42.6 Å². The Balaban J connectivity index is 1.23. The van der Waals surface area contributed by atoms with Crippen molar-refractivity contribution in [3.63, 3.8) is 0 Å². The van der Waals surface area contributed by atoms with Crippen molar-refractivity contribution in [3.8, 4) is 17.4 Å². The molecule has 2 aliphatic heterocycles. The highest BCUT2D eigenvalue weighted by atomic mass is 32.2. The zero-order valence-corrected chi connectivity index (χ0v) is 34.3. The number of nitrogens with one attached hydrogen (secondary N) is 2. The number of allylic oxidation sites excluding steroid dienone is 2. The third-order valence-corrected chi connectivity index (χ3v) is 13.4. The zero-order valence-electron chi connectivity index (χ0n) is 33.5. The molecule has 2 N–H and O–H groups in total. The lowest BCUT2D eigenvalue weighted by Crippen LogP contribution is -2.52. The normalized spacial score (nSPS) is 25.8. The molecule has 3 aromatic rings. The summed E-state index contributed by atoms with van der Waals surface area (Å²) in [7, 11) is -2.36.